The Hall–Kier alpha value is -0.920. The Kier molecular flexibility index (Phi) is 2.22. The summed E-state index contributed by atoms with van der Waals surface area (Å²) in [5, 5.41) is 4.30. The molecule has 0 N–H and O–H groups in total. The van der Waals surface area contributed by atoms with Crippen molar-refractivity contribution in [2.45, 2.75) is 20.8 Å². The Labute approximate surface area is 68.8 Å². The lowest BCUT2D eigenvalue weighted by atomic mass is 10.1. The standard InChI is InChI=1S/C9H16N2/c1-5-11-7-9(3)8(2)6-10(11)4/h6-7H,5H2,1-4H3. The number of hydrazine groups is 1. The molecular formula is C9H16N2. The average molecular weight is 152 g/mol. The van der Waals surface area contributed by atoms with Gasteiger partial charge in [-0.15, -0.1) is 0 Å². The van der Waals surface area contributed by atoms with Crippen LogP contribution in [0.3, 0.4) is 0 Å². The molecule has 0 saturated heterocycles. The van der Waals surface area contributed by atoms with Crippen molar-refractivity contribution in [3.63, 3.8) is 0 Å². The fraction of sp³-hybridized carbons (Fsp3) is 0.556. The van der Waals surface area contributed by atoms with E-state index in [0.29, 0.717) is 0 Å². The highest BCUT2D eigenvalue weighted by Gasteiger charge is 2.08. The van der Waals surface area contributed by atoms with Crippen molar-refractivity contribution in [3.05, 3.63) is 23.5 Å². The van der Waals surface area contributed by atoms with Crippen LogP contribution in [0.4, 0.5) is 0 Å². The molecule has 62 valence electrons. The highest BCUT2D eigenvalue weighted by Crippen LogP contribution is 2.16. The van der Waals surface area contributed by atoms with Crippen molar-refractivity contribution >= 4 is 0 Å². The van der Waals surface area contributed by atoms with Crippen LogP contribution in [-0.4, -0.2) is 23.6 Å². The van der Waals surface area contributed by atoms with Crippen molar-refractivity contribution in [3.8, 4) is 0 Å². The van der Waals surface area contributed by atoms with Crippen LogP contribution >= 0.6 is 0 Å². The summed E-state index contributed by atoms with van der Waals surface area (Å²) < 4.78 is 0. The van der Waals surface area contributed by atoms with Gasteiger partial charge in [0.05, 0.1) is 0 Å². The van der Waals surface area contributed by atoms with Gasteiger partial charge in [-0.3, -0.25) is 10.0 Å². The first-order valence-electron chi connectivity index (χ1n) is 4.01. The molecule has 0 unspecified atom stereocenters. The number of allylic oxidation sites excluding steroid dienone is 2. The van der Waals surface area contributed by atoms with E-state index in [1.165, 1.54) is 11.1 Å². The highest BCUT2D eigenvalue weighted by molar-refractivity contribution is 5.28. The molecule has 11 heavy (non-hydrogen) atoms. The van der Waals surface area contributed by atoms with E-state index in [1.807, 2.05) is 0 Å². The lowest BCUT2D eigenvalue weighted by molar-refractivity contribution is 0.109. The molecule has 1 aliphatic rings. The molecule has 0 aromatic rings. The third kappa shape index (κ3) is 1.56. The van der Waals surface area contributed by atoms with Crippen molar-refractivity contribution < 1.29 is 0 Å². The second-order valence-electron chi connectivity index (χ2n) is 2.95. The monoisotopic (exact) mass is 152 g/mol. The molecule has 2 nitrogen and oxygen atoms in total. The van der Waals surface area contributed by atoms with Gasteiger partial charge in [0.1, 0.15) is 0 Å². The maximum atomic E-state index is 2.18. The van der Waals surface area contributed by atoms with E-state index in [2.05, 4.69) is 50.2 Å². The van der Waals surface area contributed by atoms with Gasteiger partial charge in [-0.2, -0.15) is 0 Å². The molecule has 0 aliphatic carbocycles. The normalized spacial score (nSPS) is 18.2. The third-order valence-corrected chi connectivity index (χ3v) is 2.07. The fourth-order valence-corrected chi connectivity index (χ4v) is 1.19. The quantitative estimate of drug-likeness (QED) is 0.567. The van der Waals surface area contributed by atoms with E-state index in [0.717, 1.165) is 6.54 Å². The minimum atomic E-state index is 1.03. The summed E-state index contributed by atoms with van der Waals surface area (Å²) >= 11 is 0. The van der Waals surface area contributed by atoms with Crippen molar-refractivity contribution in [1.82, 2.24) is 10.0 Å². The predicted octanol–water partition coefficient (Wildman–Crippen LogP) is 1.98. The first-order valence-corrected chi connectivity index (χ1v) is 4.01. The molecule has 2 heteroatoms. The molecule has 0 bridgehead atoms. The fourth-order valence-electron chi connectivity index (χ4n) is 1.19. The van der Waals surface area contributed by atoms with E-state index in [9.17, 15) is 0 Å². The van der Waals surface area contributed by atoms with Gasteiger partial charge in [0.2, 0.25) is 0 Å². The van der Waals surface area contributed by atoms with Gasteiger partial charge >= 0.3 is 0 Å². The first kappa shape index (κ1) is 8.18. The van der Waals surface area contributed by atoms with Crippen molar-refractivity contribution in [2.24, 2.45) is 0 Å². The zero-order valence-electron chi connectivity index (χ0n) is 7.76. The molecule has 1 heterocycles. The Morgan fingerprint density at radius 1 is 1.18 bits per heavy atom. The van der Waals surface area contributed by atoms with Gasteiger partial charge in [-0.05, 0) is 31.9 Å². The second kappa shape index (κ2) is 2.99. The molecule has 0 spiro atoms. The largest absolute Gasteiger partial charge is 0.296 e. The topological polar surface area (TPSA) is 6.48 Å². The lowest BCUT2D eigenvalue weighted by Gasteiger charge is -2.33. The third-order valence-electron chi connectivity index (χ3n) is 2.07. The summed E-state index contributed by atoms with van der Waals surface area (Å²) in [6.07, 6.45) is 4.33. The second-order valence-corrected chi connectivity index (χ2v) is 2.95. The molecule has 0 saturated carbocycles. The summed E-state index contributed by atoms with van der Waals surface area (Å²) in [7, 11) is 2.07. The summed E-state index contributed by atoms with van der Waals surface area (Å²) in [5.41, 5.74) is 2.70. The summed E-state index contributed by atoms with van der Waals surface area (Å²) in [6.45, 7) is 7.45. The number of hydrogen-bond donors (Lipinski definition) is 0. The van der Waals surface area contributed by atoms with E-state index in [4.69, 9.17) is 0 Å². The van der Waals surface area contributed by atoms with Crippen LogP contribution in [0, 0.1) is 0 Å². The highest BCUT2D eigenvalue weighted by atomic mass is 15.6. The summed E-state index contributed by atoms with van der Waals surface area (Å²) in [4.78, 5) is 0. The van der Waals surface area contributed by atoms with Crippen LogP contribution in [0.25, 0.3) is 0 Å². The number of hydrogen-bond acceptors (Lipinski definition) is 2. The lowest BCUT2D eigenvalue weighted by Crippen LogP contribution is -2.33. The van der Waals surface area contributed by atoms with Gasteiger partial charge in [0, 0.05) is 26.0 Å². The molecule has 1 aliphatic heterocycles. The maximum absolute atomic E-state index is 2.18. The van der Waals surface area contributed by atoms with Crippen LogP contribution in [-0.2, 0) is 0 Å². The summed E-state index contributed by atoms with van der Waals surface area (Å²) in [5.74, 6) is 0. The SMILES string of the molecule is CCN1C=C(C)C(C)=CN1C. The minimum Gasteiger partial charge on any atom is -0.296 e. The molecular weight excluding hydrogens is 136 g/mol. The first-order chi connectivity index (χ1) is 5.15. The van der Waals surface area contributed by atoms with Crippen LogP contribution in [0.15, 0.2) is 23.5 Å². The Bertz CT molecular complexity index is 204. The number of rotatable bonds is 1. The van der Waals surface area contributed by atoms with Gasteiger partial charge in [0.25, 0.3) is 0 Å². The van der Waals surface area contributed by atoms with Crippen molar-refractivity contribution in [1.29, 1.82) is 0 Å². The number of nitrogens with zero attached hydrogens (tertiary/aromatic N) is 2. The van der Waals surface area contributed by atoms with Crippen molar-refractivity contribution in [2.75, 3.05) is 13.6 Å². The predicted molar refractivity (Wildman–Crippen MR) is 47.7 cm³/mol. The Morgan fingerprint density at radius 2 is 1.73 bits per heavy atom. The molecule has 0 aromatic carbocycles. The Balaban J connectivity index is 2.79. The Morgan fingerprint density at radius 3 is 2.27 bits per heavy atom. The van der Waals surface area contributed by atoms with Gasteiger partial charge in [-0.25, -0.2) is 0 Å². The van der Waals surface area contributed by atoms with Crippen LogP contribution in [0.2, 0.25) is 0 Å². The molecule has 0 radical (unpaired) electrons. The van der Waals surface area contributed by atoms with E-state index >= 15 is 0 Å². The van der Waals surface area contributed by atoms with Crippen LogP contribution in [0.5, 0.6) is 0 Å². The van der Waals surface area contributed by atoms with Gasteiger partial charge in [0.15, 0.2) is 0 Å². The van der Waals surface area contributed by atoms with E-state index in [1.54, 1.807) is 0 Å². The summed E-state index contributed by atoms with van der Waals surface area (Å²) in [6, 6.07) is 0. The van der Waals surface area contributed by atoms with Crippen LogP contribution < -0.4 is 0 Å². The zero-order valence-corrected chi connectivity index (χ0v) is 7.76. The minimum absolute atomic E-state index is 1.03. The zero-order chi connectivity index (χ0) is 8.43. The molecule has 0 atom stereocenters. The van der Waals surface area contributed by atoms with E-state index < -0.39 is 0 Å². The van der Waals surface area contributed by atoms with Gasteiger partial charge < -0.3 is 0 Å². The van der Waals surface area contributed by atoms with E-state index in [-0.39, 0.29) is 0 Å². The molecule has 0 fully saturated rings. The average Bonchev–Trinajstić information content (AvgIpc) is 1.97. The maximum Gasteiger partial charge on any atom is 0.0360 e. The van der Waals surface area contributed by atoms with Gasteiger partial charge in [-0.1, -0.05) is 0 Å². The molecule has 0 aromatic heterocycles. The smallest absolute Gasteiger partial charge is 0.0360 e. The molecule has 1 rings (SSSR count). The van der Waals surface area contributed by atoms with Crippen LogP contribution in [0.1, 0.15) is 20.8 Å². The molecule has 0 amide bonds.